The number of hydrogen-bond donors (Lipinski definition) is 0. The second-order valence-corrected chi connectivity index (χ2v) is 5.08. The SMILES string of the molecule is Fc1ccc(Br)c(-n2c(CCl)nc3cnccc32)c1. The molecule has 0 spiro atoms. The van der Waals surface area contributed by atoms with Crippen LogP contribution in [-0.2, 0) is 5.88 Å². The van der Waals surface area contributed by atoms with Gasteiger partial charge in [0, 0.05) is 10.7 Å². The van der Waals surface area contributed by atoms with Crippen molar-refractivity contribution in [1.29, 1.82) is 0 Å². The van der Waals surface area contributed by atoms with Crippen LogP contribution >= 0.6 is 27.5 Å². The minimum Gasteiger partial charge on any atom is -0.294 e. The summed E-state index contributed by atoms with van der Waals surface area (Å²) in [5, 5.41) is 0. The predicted molar refractivity (Wildman–Crippen MR) is 76.1 cm³/mol. The molecule has 96 valence electrons. The Kier molecular flexibility index (Phi) is 3.24. The Balaban J connectivity index is 2.37. The summed E-state index contributed by atoms with van der Waals surface area (Å²) in [4.78, 5) is 8.43. The average Bonchev–Trinajstić information content (AvgIpc) is 2.80. The molecule has 2 aromatic heterocycles. The Morgan fingerprint density at radius 1 is 1.32 bits per heavy atom. The number of aromatic nitrogens is 3. The molecule has 2 heterocycles. The maximum atomic E-state index is 13.5. The predicted octanol–water partition coefficient (Wildman–Crippen LogP) is 4.06. The number of benzene rings is 1. The van der Waals surface area contributed by atoms with Crippen LogP contribution in [-0.4, -0.2) is 14.5 Å². The number of alkyl halides is 1. The summed E-state index contributed by atoms with van der Waals surface area (Å²) in [6.07, 6.45) is 3.33. The van der Waals surface area contributed by atoms with Gasteiger partial charge in [0.2, 0.25) is 0 Å². The molecule has 0 amide bonds. The molecule has 1 aromatic carbocycles. The number of pyridine rings is 1. The van der Waals surface area contributed by atoms with E-state index in [0.29, 0.717) is 11.5 Å². The summed E-state index contributed by atoms with van der Waals surface area (Å²) in [7, 11) is 0. The van der Waals surface area contributed by atoms with Crippen LogP contribution in [0.3, 0.4) is 0 Å². The Labute approximate surface area is 122 Å². The molecule has 0 saturated heterocycles. The molecule has 6 heteroatoms. The van der Waals surface area contributed by atoms with Crippen LogP contribution in [0.1, 0.15) is 5.82 Å². The van der Waals surface area contributed by atoms with Gasteiger partial charge in [0.25, 0.3) is 0 Å². The van der Waals surface area contributed by atoms with Crippen LogP contribution in [0.5, 0.6) is 0 Å². The number of nitrogens with zero attached hydrogens (tertiary/aromatic N) is 3. The number of fused-ring (bicyclic) bond motifs is 1. The van der Waals surface area contributed by atoms with Crippen LogP contribution in [0.15, 0.2) is 41.1 Å². The first-order valence-electron chi connectivity index (χ1n) is 5.53. The van der Waals surface area contributed by atoms with E-state index in [0.717, 1.165) is 15.5 Å². The molecule has 0 radical (unpaired) electrons. The molecule has 0 saturated carbocycles. The van der Waals surface area contributed by atoms with Gasteiger partial charge in [-0.25, -0.2) is 9.37 Å². The first kappa shape index (κ1) is 12.6. The minimum absolute atomic E-state index is 0.234. The quantitative estimate of drug-likeness (QED) is 0.659. The van der Waals surface area contributed by atoms with Gasteiger partial charge in [-0.15, -0.1) is 11.6 Å². The highest BCUT2D eigenvalue weighted by Gasteiger charge is 2.14. The van der Waals surface area contributed by atoms with Gasteiger partial charge < -0.3 is 0 Å². The van der Waals surface area contributed by atoms with E-state index < -0.39 is 0 Å². The van der Waals surface area contributed by atoms with Crippen LogP contribution in [0, 0.1) is 5.82 Å². The molecule has 0 aliphatic heterocycles. The summed E-state index contributed by atoms with van der Waals surface area (Å²) < 4.78 is 16.1. The first-order chi connectivity index (χ1) is 9.20. The fourth-order valence-electron chi connectivity index (χ4n) is 2.00. The molecule has 3 nitrogen and oxygen atoms in total. The Morgan fingerprint density at radius 3 is 2.95 bits per heavy atom. The van der Waals surface area contributed by atoms with Crippen molar-refractivity contribution >= 4 is 38.6 Å². The second kappa shape index (κ2) is 4.90. The summed E-state index contributed by atoms with van der Waals surface area (Å²) in [6.45, 7) is 0. The zero-order chi connectivity index (χ0) is 13.4. The van der Waals surface area contributed by atoms with Gasteiger partial charge in [-0.3, -0.25) is 9.55 Å². The van der Waals surface area contributed by atoms with E-state index in [2.05, 4.69) is 25.9 Å². The van der Waals surface area contributed by atoms with Crippen molar-refractivity contribution in [2.45, 2.75) is 5.88 Å². The van der Waals surface area contributed by atoms with E-state index in [-0.39, 0.29) is 11.7 Å². The molecule has 0 N–H and O–H groups in total. The lowest BCUT2D eigenvalue weighted by molar-refractivity contribution is 0.626. The molecule has 3 aromatic rings. The fraction of sp³-hybridized carbons (Fsp3) is 0.0769. The van der Waals surface area contributed by atoms with Crippen LogP contribution in [0.2, 0.25) is 0 Å². The highest BCUT2D eigenvalue weighted by Crippen LogP contribution is 2.28. The summed E-state index contributed by atoms with van der Waals surface area (Å²) in [6, 6.07) is 6.34. The van der Waals surface area contributed by atoms with Crippen molar-refractivity contribution in [2.75, 3.05) is 0 Å². The van der Waals surface area contributed by atoms with E-state index in [1.807, 2.05) is 10.6 Å². The minimum atomic E-state index is -0.311. The van der Waals surface area contributed by atoms with Gasteiger partial charge in [0.05, 0.1) is 23.3 Å². The summed E-state index contributed by atoms with van der Waals surface area (Å²) >= 11 is 9.36. The van der Waals surface area contributed by atoms with Crippen molar-refractivity contribution in [3.8, 4) is 5.69 Å². The van der Waals surface area contributed by atoms with E-state index in [9.17, 15) is 4.39 Å². The second-order valence-electron chi connectivity index (χ2n) is 3.96. The molecule has 19 heavy (non-hydrogen) atoms. The number of halogens is 3. The van der Waals surface area contributed by atoms with Gasteiger partial charge in [-0.2, -0.15) is 0 Å². The van der Waals surface area contributed by atoms with Crippen LogP contribution < -0.4 is 0 Å². The van der Waals surface area contributed by atoms with Crippen LogP contribution in [0.4, 0.5) is 4.39 Å². The third-order valence-corrected chi connectivity index (χ3v) is 3.70. The van der Waals surface area contributed by atoms with Gasteiger partial charge in [-0.05, 0) is 40.2 Å². The lowest BCUT2D eigenvalue weighted by Gasteiger charge is -2.10. The molecule has 3 rings (SSSR count). The van der Waals surface area contributed by atoms with Crippen molar-refractivity contribution < 1.29 is 4.39 Å². The third kappa shape index (κ3) is 2.13. The highest BCUT2D eigenvalue weighted by molar-refractivity contribution is 9.10. The fourth-order valence-corrected chi connectivity index (χ4v) is 2.60. The van der Waals surface area contributed by atoms with E-state index in [1.165, 1.54) is 12.1 Å². The largest absolute Gasteiger partial charge is 0.294 e. The number of hydrogen-bond acceptors (Lipinski definition) is 2. The van der Waals surface area contributed by atoms with Crippen molar-refractivity contribution in [3.63, 3.8) is 0 Å². The molecule has 0 unspecified atom stereocenters. The Bertz CT molecular complexity index is 757. The molecule has 0 fully saturated rings. The van der Waals surface area contributed by atoms with E-state index in [1.54, 1.807) is 18.5 Å². The Morgan fingerprint density at radius 2 is 2.16 bits per heavy atom. The first-order valence-corrected chi connectivity index (χ1v) is 6.86. The Hall–Kier alpha value is -1.46. The number of imidazole rings is 1. The number of rotatable bonds is 2. The molecule has 0 aliphatic rings. The monoisotopic (exact) mass is 339 g/mol. The standard InChI is InChI=1S/C13H8BrClFN3/c14-9-2-1-8(16)5-12(9)19-11-3-4-17-7-10(11)18-13(19)6-15/h1-5,7H,6H2. The van der Waals surface area contributed by atoms with Crippen LogP contribution in [0.25, 0.3) is 16.7 Å². The van der Waals surface area contributed by atoms with E-state index >= 15 is 0 Å². The topological polar surface area (TPSA) is 30.7 Å². The lowest BCUT2D eigenvalue weighted by Crippen LogP contribution is -2.01. The van der Waals surface area contributed by atoms with Gasteiger partial charge in [-0.1, -0.05) is 0 Å². The normalized spacial score (nSPS) is 11.1. The zero-order valence-electron chi connectivity index (χ0n) is 9.65. The zero-order valence-corrected chi connectivity index (χ0v) is 12.0. The summed E-state index contributed by atoms with van der Waals surface area (Å²) in [5.41, 5.74) is 2.25. The van der Waals surface area contributed by atoms with Gasteiger partial charge in [0.15, 0.2) is 0 Å². The van der Waals surface area contributed by atoms with Crippen molar-refractivity contribution in [2.24, 2.45) is 0 Å². The lowest BCUT2D eigenvalue weighted by atomic mass is 10.3. The van der Waals surface area contributed by atoms with Crippen molar-refractivity contribution in [1.82, 2.24) is 14.5 Å². The van der Waals surface area contributed by atoms with Crippen molar-refractivity contribution in [3.05, 3.63) is 52.8 Å². The highest BCUT2D eigenvalue weighted by atomic mass is 79.9. The molecule has 0 atom stereocenters. The molecule has 0 aliphatic carbocycles. The third-order valence-electron chi connectivity index (χ3n) is 2.79. The maximum absolute atomic E-state index is 13.5. The molecular weight excluding hydrogens is 333 g/mol. The molecular formula is C13H8BrClFN3. The van der Waals surface area contributed by atoms with Gasteiger partial charge >= 0.3 is 0 Å². The van der Waals surface area contributed by atoms with Gasteiger partial charge in [0.1, 0.15) is 17.2 Å². The van der Waals surface area contributed by atoms with E-state index in [4.69, 9.17) is 11.6 Å². The molecule has 0 bridgehead atoms. The maximum Gasteiger partial charge on any atom is 0.129 e. The summed E-state index contributed by atoms with van der Waals surface area (Å²) in [5.74, 6) is 0.572. The average molecular weight is 341 g/mol. The smallest absolute Gasteiger partial charge is 0.129 e.